The van der Waals surface area contributed by atoms with Gasteiger partial charge in [0.2, 0.25) is 5.91 Å². The number of nitrogens with one attached hydrogen (secondary N) is 2. The third-order valence-electron chi connectivity index (χ3n) is 3.61. The van der Waals surface area contributed by atoms with Gasteiger partial charge in [-0.3, -0.25) is 9.79 Å². The van der Waals surface area contributed by atoms with E-state index in [-0.39, 0.29) is 17.4 Å². The molecule has 1 aliphatic heterocycles. The van der Waals surface area contributed by atoms with E-state index in [4.69, 9.17) is 15.2 Å². The van der Waals surface area contributed by atoms with E-state index in [1.807, 2.05) is 6.92 Å². The summed E-state index contributed by atoms with van der Waals surface area (Å²) in [4.78, 5) is 15.6. The number of aliphatic imine (C=N–C) groups is 1. The highest BCUT2D eigenvalue weighted by molar-refractivity contribution is 5.94. The van der Waals surface area contributed by atoms with Gasteiger partial charge in [-0.15, -0.1) is 0 Å². The highest BCUT2D eigenvalue weighted by atomic mass is 16.5. The molecule has 0 spiro atoms. The van der Waals surface area contributed by atoms with Crippen LogP contribution >= 0.6 is 0 Å². The number of nitrogens with zero attached hydrogens (tertiary/aromatic N) is 1. The average molecular weight is 306 g/mol. The van der Waals surface area contributed by atoms with Crippen LogP contribution in [0.4, 0.5) is 5.69 Å². The number of amides is 1. The lowest BCUT2D eigenvalue weighted by Crippen LogP contribution is -2.42. The lowest BCUT2D eigenvalue weighted by Gasteiger charge is -2.21. The smallest absolute Gasteiger partial charge is 0.220 e. The van der Waals surface area contributed by atoms with E-state index < -0.39 is 0 Å². The monoisotopic (exact) mass is 306 g/mol. The molecule has 1 amide bonds. The summed E-state index contributed by atoms with van der Waals surface area (Å²) in [5.41, 5.74) is 6.26. The molecule has 1 fully saturated rings. The lowest BCUT2D eigenvalue weighted by molar-refractivity contribution is -0.119. The average Bonchev–Trinajstić information content (AvgIpc) is 2.85. The van der Waals surface area contributed by atoms with Crippen molar-refractivity contribution >= 4 is 17.6 Å². The second-order valence-corrected chi connectivity index (χ2v) is 5.50. The predicted octanol–water partition coefficient (Wildman–Crippen LogP) is 1.10. The van der Waals surface area contributed by atoms with Gasteiger partial charge < -0.3 is 25.8 Å². The van der Waals surface area contributed by atoms with Crippen LogP contribution in [-0.2, 0) is 4.79 Å². The van der Waals surface area contributed by atoms with Crippen LogP contribution in [0.1, 0.15) is 19.8 Å². The summed E-state index contributed by atoms with van der Waals surface area (Å²) in [7, 11) is 3.17. The maximum absolute atomic E-state index is 11.3. The lowest BCUT2D eigenvalue weighted by atomic mass is 10.0. The van der Waals surface area contributed by atoms with Gasteiger partial charge in [0.1, 0.15) is 11.5 Å². The number of guanidine groups is 1. The van der Waals surface area contributed by atoms with Gasteiger partial charge in [0.15, 0.2) is 5.96 Å². The zero-order valence-corrected chi connectivity index (χ0v) is 13.1. The quantitative estimate of drug-likeness (QED) is 0.559. The Labute approximate surface area is 129 Å². The van der Waals surface area contributed by atoms with E-state index in [1.54, 1.807) is 32.4 Å². The van der Waals surface area contributed by atoms with Crippen LogP contribution in [0.2, 0.25) is 0 Å². The number of rotatable bonds is 5. The first-order valence-corrected chi connectivity index (χ1v) is 7.06. The van der Waals surface area contributed by atoms with E-state index >= 15 is 0 Å². The fraction of sp³-hybridized carbons (Fsp3) is 0.467. The minimum absolute atomic E-state index is 0.0543. The summed E-state index contributed by atoms with van der Waals surface area (Å²) >= 11 is 0. The molecule has 4 N–H and O–H groups in total. The van der Waals surface area contributed by atoms with Crippen LogP contribution in [0.15, 0.2) is 23.2 Å². The Morgan fingerprint density at radius 3 is 2.82 bits per heavy atom. The molecule has 0 aromatic heterocycles. The summed E-state index contributed by atoms with van der Waals surface area (Å²) < 4.78 is 10.5. The van der Waals surface area contributed by atoms with Crippen molar-refractivity contribution in [2.45, 2.75) is 25.3 Å². The van der Waals surface area contributed by atoms with E-state index in [9.17, 15) is 4.79 Å². The summed E-state index contributed by atoms with van der Waals surface area (Å²) in [6.07, 6.45) is 1.29. The summed E-state index contributed by atoms with van der Waals surface area (Å²) in [5.74, 6) is 1.64. The topological polar surface area (TPSA) is 98.0 Å². The van der Waals surface area contributed by atoms with Crippen molar-refractivity contribution in [1.29, 1.82) is 0 Å². The molecule has 7 nitrogen and oxygen atoms in total. The molecule has 120 valence electrons. The molecule has 0 saturated carbocycles. The summed E-state index contributed by atoms with van der Waals surface area (Å²) in [6.45, 7) is 2.38. The maximum atomic E-state index is 11.3. The number of ether oxygens (including phenoxy) is 2. The van der Waals surface area contributed by atoms with Crippen LogP contribution < -0.4 is 25.8 Å². The minimum Gasteiger partial charge on any atom is -0.497 e. The molecule has 1 atom stereocenters. The Hall–Kier alpha value is -2.44. The number of benzene rings is 1. The molecule has 1 aromatic carbocycles. The Kier molecular flexibility index (Phi) is 4.75. The molecule has 1 unspecified atom stereocenters. The Morgan fingerprint density at radius 1 is 1.45 bits per heavy atom. The van der Waals surface area contributed by atoms with Crippen molar-refractivity contribution in [3.8, 4) is 11.5 Å². The first-order chi connectivity index (χ1) is 10.5. The van der Waals surface area contributed by atoms with Gasteiger partial charge in [0.25, 0.3) is 0 Å². The third-order valence-corrected chi connectivity index (χ3v) is 3.61. The van der Waals surface area contributed by atoms with Crippen molar-refractivity contribution in [2.75, 3.05) is 26.1 Å². The Bertz CT molecular complexity index is 588. The number of anilines is 1. The van der Waals surface area contributed by atoms with Crippen molar-refractivity contribution in [3.05, 3.63) is 18.2 Å². The predicted molar refractivity (Wildman–Crippen MR) is 85.4 cm³/mol. The second kappa shape index (κ2) is 6.55. The van der Waals surface area contributed by atoms with Gasteiger partial charge in [-0.25, -0.2) is 0 Å². The Morgan fingerprint density at radius 2 is 2.23 bits per heavy atom. The molecular formula is C15H22N4O3. The largest absolute Gasteiger partial charge is 0.497 e. The Balaban J connectivity index is 2.06. The van der Waals surface area contributed by atoms with Gasteiger partial charge in [-0.1, -0.05) is 0 Å². The van der Waals surface area contributed by atoms with Crippen LogP contribution in [0.25, 0.3) is 0 Å². The van der Waals surface area contributed by atoms with Crippen LogP contribution in [0, 0.1) is 0 Å². The highest BCUT2D eigenvalue weighted by Gasteiger charge is 2.32. The van der Waals surface area contributed by atoms with E-state index in [0.29, 0.717) is 30.2 Å². The van der Waals surface area contributed by atoms with Crippen LogP contribution in [0.3, 0.4) is 0 Å². The van der Waals surface area contributed by atoms with Gasteiger partial charge >= 0.3 is 0 Å². The van der Waals surface area contributed by atoms with Crippen molar-refractivity contribution < 1.29 is 14.3 Å². The maximum Gasteiger partial charge on any atom is 0.220 e. The normalized spacial score (nSPS) is 21.4. The van der Waals surface area contributed by atoms with E-state index in [1.165, 1.54) is 0 Å². The second-order valence-electron chi connectivity index (χ2n) is 5.50. The number of methoxy groups -OCH3 is 2. The molecule has 0 aliphatic carbocycles. The molecular weight excluding hydrogens is 284 g/mol. The van der Waals surface area contributed by atoms with Crippen molar-refractivity contribution in [2.24, 2.45) is 10.7 Å². The highest BCUT2D eigenvalue weighted by Crippen LogP contribution is 2.28. The number of hydrogen-bond acceptors (Lipinski definition) is 4. The molecule has 2 rings (SSSR count). The first kappa shape index (κ1) is 15.9. The molecule has 22 heavy (non-hydrogen) atoms. The molecule has 1 aromatic rings. The van der Waals surface area contributed by atoms with Gasteiger partial charge in [0.05, 0.1) is 32.0 Å². The molecule has 1 saturated heterocycles. The fourth-order valence-electron chi connectivity index (χ4n) is 2.32. The zero-order chi connectivity index (χ0) is 16.2. The van der Waals surface area contributed by atoms with Gasteiger partial charge in [-0.2, -0.15) is 0 Å². The number of hydrogen-bond donors (Lipinski definition) is 3. The van der Waals surface area contributed by atoms with Crippen LogP contribution in [-0.4, -0.2) is 38.2 Å². The number of carbonyl (C=O) groups excluding carboxylic acids is 1. The van der Waals surface area contributed by atoms with Crippen molar-refractivity contribution in [3.63, 3.8) is 0 Å². The van der Waals surface area contributed by atoms with E-state index in [2.05, 4.69) is 15.6 Å². The number of carbonyl (C=O) groups is 1. The third kappa shape index (κ3) is 3.81. The fourth-order valence-corrected chi connectivity index (χ4v) is 2.32. The number of nitrogens with two attached hydrogens (primary N) is 1. The molecule has 1 aliphatic rings. The van der Waals surface area contributed by atoms with Crippen LogP contribution in [0.5, 0.6) is 11.5 Å². The van der Waals surface area contributed by atoms with E-state index in [0.717, 1.165) is 6.42 Å². The zero-order valence-electron chi connectivity index (χ0n) is 13.1. The van der Waals surface area contributed by atoms with Crippen molar-refractivity contribution in [1.82, 2.24) is 5.32 Å². The molecule has 0 radical (unpaired) electrons. The molecule has 7 heteroatoms. The summed E-state index contributed by atoms with van der Waals surface area (Å²) in [6, 6.07) is 5.36. The molecule has 1 heterocycles. The SMILES string of the molecule is COc1ccc(OC)c(NC(N)=NCC2(C)CCC(=O)N2)c1. The standard InChI is InChI=1S/C15H22N4O3/c1-15(7-6-13(20)19-15)9-17-14(16)18-11-8-10(21-2)4-5-12(11)22-3/h4-5,8H,6-7,9H2,1-3H3,(H,19,20)(H3,16,17,18). The first-order valence-electron chi connectivity index (χ1n) is 7.06. The van der Waals surface area contributed by atoms with Gasteiger partial charge in [-0.05, 0) is 25.5 Å². The summed E-state index contributed by atoms with van der Waals surface area (Å²) in [5, 5.41) is 5.91. The molecule has 0 bridgehead atoms. The van der Waals surface area contributed by atoms with Gasteiger partial charge in [0, 0.05) is 12.5 Å². The minimum atomic E-state index is -0.332.